The van der Waals surface area contributed by atoms with Crippen LogP contribution in [0.2, 0.25) is 0 Å². The lowest BCUT2D eigenvalue weighted by molar-refractivity contribution is 0.0600. The highest BCUT2D eigenvalue weighted by Gasteiger charge is 2.07. The zero-order valence-corrected chi connectivity index (χ0v) is 6.22. The molecular weight excluding hydrogens is 152 g/mol. The predicted octanol–water partition coefficient (Wildman–Crippen LogP) is 1.35. The Morgan fingerprint density at radius 2 is 2.50 bits per heavy atom. The molecule has 1 aromatic heterocycles. The third-order valence-electron chi connectivity index (χ3n) is 1.01. The van der Waals surface area contributed by atoms with Crippen LogP contribution in [0.15, 0.2) is 21.8 Å². The fourth-order valence-electron chi connectivity index (χ4n) is 0.550. The molecule has 0 bridgehead atoms. The Labute approximate surface area is 63.4 Å². The van der Waals surface area contributed by atoms with E-state index in [9.17, 15) is 4.79 Å². The Bertz CT molecular complexity index is 241. The Hall–Kier alpha value is -0.900. The van der Waals surface area contributed by atoms with Gasteiger partial charge in [0.25, 0.3) is 0 Å². The molecule has 1 rings (SSSR count). The minimum Gasteiger partial charge on any atom is -0.465 e. The number of rotatable bonds is 1. The molecule has 1 aromatic rings. The average Bonchev–Trinajstić information content (AvgIpc) is 2.34. The maximum atomic E-state index is 10.7. The highest BCUT2D eigenvalue weighted by Crippen LogP contribution is 2.11. The summed E-state index contributed by atoms with van der Waals surface area (Å²) < 4.78 is 9.17. The van der Waals surface area contributed by atoms with Crippen LogP contribution in [-0.2, 0) is 4.74 Å². The van der Waals surface area contributed by atoms with E-state index in [4.69, 9.17) is 4.42 Å². The molecule has 0 fully saturated rings. The maximum absolute atomic E-state index is 10.7. The first kappa shape index (κ1) is 7.21. The van der Waals surface area contributed by atoms with E-state index in [1.165, 1.54) is 19.4 Å². The molecular formula is C6H6O3S. The van der Waals surface area contributed by atoms with Gasteiger partial charge in [0.1, 0.15) is 6.26 Å². The van der Waals surface area contributed by atoms with Gasteiger partial charge in [-0.25, -0.2) is 4.79 Å². The summed E-state index contributed by atoms with van der Waals surface area (Å²) in [7, 11) is 1.31. The largest absolute Gasteiger partial charge is 0.465 e. The quantitative estimate of drug-likeness (QED) is 0.495. The molecule has 0 aromatic carbocycles. The third kappa shape index (κ3) is 1.33. The minimum atomic E-state index is -0.413. The second-order valence-corrected chi connectivity index (χ2v) is 2.11. The molecule has 54 valence electrons. The van der Waals surface area contributed by atoms with E-state index >= 15 is 0 Å². The van der Waals surface area contributed by atoms with Crippen LogP contribution < -0.4 is 0 Å². The summed E-state index contributed by atoms with van der Waals surface area (Å²) in [4.78, 5) is 10.7. The summed E-state index contributed by atoms with van der Waals surface area (Å²) in [6.07, 6.45) is 1.30. The van der Waals surface area contributed by atoms with Gasteiger partial charge in [-0.05, 0) is 0 Å². The monoisotopic (exact) mass is 158 g/mol. The van der Waals surface area contributed by atoms with Crippen LogP contribution in [0.5, 0.6) is 0 Å². The summed E-state index contributed by atoms with van der Waals surface area (Å²) in [6, 6.07) is 1.49. The number of hydrogen-bond donors (Lipinski definition) is 1. The van der Waals surface area contributed by atoms with Crippen LogP contribution in [0, 0.1) is 0 Å². The number of carbonyl (C=O) groups is 1. The second-order valence-electron chi connectivity index (χ2n) is 1.67. The number of carbonyl (C=O) groups excluding carboxylic acids is 1. The Balaban J connectivity index is 2.85. The van der Waals surface area contributed by atoms with Gasteiger partial charge in [-0.15, -0.1) is 12.6 Å². The standard InChI is InChI=1S/C6H6O3S/c1-8-6(7)4-2-5(10)9-3-4/h2-3,10H,1H3. The number of hydrogen-bond acceptors (Lipinski definition) is 4. The summed E-state index contributed by atoms with van der Waals surface area (Å²) in [5.74, 6) is -0.413. The fraction of sp³-hybridized carbons (Fsp3) is 0.167. The van der Waals surface area contributed by atoms with Crippen molar-refractivity contribution in [1.82, 2.24) is 0 Å². The second kappa shape index (κ2) is 2.79. The van der Waals surface area contributed by atoms with Gasteiger partial charge in [0.2, 0.25) is 0 Å². The summed E-state index contributed by atoms with van der Waals surface area (Å²) in [5.41, 5.74) is 0.382. The van der Waals surface area contributed by atoms with E-state index in [1.807, 2.05) is 0 Å². The first-order valence-electron chi connectivity index (χ1n) is 2.60. The Morgan fingerprint density at radius 3 is 2.90 bits per heavy atom. The first-order chi connectivity index (χ1) is 4.74. The lowest BCUT2D eigenvalue weighted by Gasteiger charge is -1.89. The van der Waals surface area contributed by atoms with Crippen molar-refractivity contribution < 1.29 is 13.9 Å². The molecule has 0 aliphatic rings. The van der Waals surface area contributed by atoms with Crippen LogP contribution in [0.1, 0.15) is 10.4 Å². The van der Waals surface area contributed by atoms with Crippen molar-refractivity contribution in [2.45, 2.75) is 5.09 Å². The van der Waals surface area contributed by atoms with Crippen molar-refractivity contribution >= 4 is 18.6 Å². The van der Waals surface area contributed by atoms with Crippen molar-refractivity contribution in [2.24, 2.45) is 0 Å². The van der Waals surface area contributed by atoms with Crippen molar-refractivity contribution in [2.75, 3.05) is 7.11 Å². The van der Waals surface area contributed by atoms with E-state index in [2.05, 4.69) is 17.4 Å². The van der Waals surface area contributed by atoms with E-state index in [1.54, 1.807) is 0 Å². The van der Waals surface area contributed by atoms with E-state index < -0.39 is 5.97 Å². The summed E-state index contributed by atoms with van der Waals surface area (Å²) >= 11 is 3.86. The van der Waals surface area contributed by atoms with Gasteiger partial charge in [0, 0.05) is 6.07 Å². The van der Waals surface area contributed by atoms with Crippen molar-refractivity contribution in [3.05, 3.63) is 17.9 Å². The number of furan rings is 1. The summed E-state index contributed by atoms with van der Waals surface area (Å²) in [6.45, 7) is 0. The number of esters is 1. The molecule has 3 nitrogen and oxygen atoms in total. The zero-order chi connectivity index (χ0) is 7.56. The molecule has 0 aliphatic carbocycles. The topological polar surface area (TPSA) is 39.4 Å². The van der Waals surface area contributed by atoms with E-state index in [0.717, 1.165) is 0 Å². The maximum Gasteiger partial charge on any atom is 0.341 e. The molecule has 0 aliphatic heterocycles. The van der Waals surface area contributed by atoms with Crippen LogP contribution in [0.3, 0.4) is 0 Å². The van der Waals surface area contributed by atoms with Crippen molar-refractivity contribution in [1.29, 1.82) is 0 Å². The highest BCUT2D eigenvalue weighted by molar-refractivity contribution is 7.80. The summed E-state index contributed by atoms with van der Waals surface area (Å²) in [5, 5.41) is 0.403. The lowest BCUT2D eigenvalue weighted by atomic mass is 10.3. The molecule has 1 heterocycles. The number of ether oxygens (including phenoxy) is 1. The van der Waals surface area contributed by atoms with Gasteiger partial charge in [-0.3, -0.25) is 0 Å². The third-order valence-corrected chi connectivity index (χ3v) is 1.24. The van der Waals surface area contributed by atoms with Gasteiger partial charge < -0.3 is 9.15 Å². The van der Waals surface area contributed by atoms with E-state index in [0.29, 0.717) is 10.7 Å². The van der Waals surface area contributed by atoms with Crippen LogP contribution in [0.4, 0.5) is 0 Å². The van der Waals surface area contributed by atoms with Gasteiger partial charge in [-0.1, -0.05) is 0 Å². The minimum absolute atomic E-state index is 0.382. The van der Waals surface area contributed by atoms with Gasteiger partial charge in [0.15, 0.2) is 5.09 Å². The average molecular weight is 158 g/mol. The molecule has 0 unspecified atom stereocenters. The molecule has 4 heteroatoms. The molecule has 0 saturated carbocycles. The molecule has 0 radical (unpaired) electrons. The molecule has 10 heavy (non-hydrogen) atoms. The molecule has 0 amide bonds. The SMILES string of the molecule is COC(=O)c1coc(S)c1. The van der Waals surface area contributed by atoms with Crippen molar-refractivity contribution in [3.8, 4) is 0 Å². The molecule has 0 spiro atoms. The van der Waals surface area contributed by atoms with Gasteiger partial charge in [0.05, 0.1) is 12.7 Å². The van der Waals surface area contributed by atoms with Gasteiger partial charge >= 0.3 is 5.97 Å². The Kier molecular flexibility index (Phi) is 2.01. The predicted molar refractivity (Wildman–Crippen MR) is 37.3 cm³/mol. The van der Waals surface area contributed by atoms with Crippen molar-refractivity contribution in [3.63, 3.8) is 0 Å². The fourth-order valence-corrected chi connectivity index (χ4v) is 0.742. The van der Waals surface area contributed by atoms with Gasteiger partial charge in [-0.2, -0.15) is 0 Å². The lowest BCUT2D eigenvalue weighted by Crippen LogP contribution is -1.97. The Morgan fingerprint density at radius 1 is 1.80 bits per heavy atom. The normalized spacial score (nSPS) is 9.40. The smallest absolute Gasteiger partial charge is 0.341 e. The van der Waals surface area contributed by atoms with Crippen LogP contribution in [0.25, 0.3) is 0 Å². The highest BCUT2D eigenvalue weighted by atomic mass is 32.1. The molecule has 0 atom stereocenters. The molecule has 0 saturated heterocycles. The van der Waals surface area contributed by atoms with Crippen LogP contribution >= 0.6 is 12.6 Å². The van der Waals surface area contributed by atoms with E-state index in [-0.39, 0.29) is 0 Å². The molecule has 0 N–H and O–H groups in total. The first-order valence-corrected chi connectivity index (χ1v) is 3.04. The number of thiol groups is 1. The van der Waals surface area contributed by atoms with Crippen LogP contribution in [-0.4, -0.2) is 13.1 Å². The number of methoxy groups -OCH3 is 1. The zero-order valence-electron chi connectivity index (χ0n) is 5.33.